The van der Waals surface area contributed by atoms with E-state index >= 15 is 0 Å². The van der Waals surface area contributed by atoms with Crippen molar-refractivity contribution in [2.24, 2.45) is 4.99 Å². The van der Waals surface area contributed by atoms with Crippen LogP contribution >= 0.6 is 11.8 Å². The Morgan fingerprint density at radius 2 is 1.86 bits per heavy atom. The molecule has 1 N–H and O–H groups in total. The van der Waals surface area contributed by atoms with Crippen LogP contribution in [0.2, 0.25) is 0 Å². The summed E-state index contributed by atoms with van der Waals surface area (Å²) in [6.07, 6.45) is 3.34. The molecule has 2 atom stereocenters. The Kier molecular flexibility index (Phi) is 3.78. The first-order valence-electron chi connectivity index (χ1n) is 6.67. The van der Waals surface area contributed by atoms with Crippen LogP contribution < -0.4 is 0 Å². The summed E-state index contributed by atoms with van der Waals surface area (Å²) in [6.45, 7) is 2.33. The lowest BCUT2D eigenvalue weighted by Gasteiger charge is -2.29. The number of rotatable bonds is 3. The average Bonchev–Trinajstić information content (AvgIpc) is 2.99. The van der Waals surface area contributed by atoms with Crippen LogP contribution in [0.4, 0.5) is 4.39 Å². The number of hydrogen-bond acceptors (Lipinski definition) is 4. The predicted molar refractivity (Wildman–Crippen MR) is 83.0 cm³/mol. The highest BCUT2D eigenvalue weighted by atomic mass is 32.2. The number of halogens is 1. The second-order valence-corrected chi connectivity index (χ2v) is 6.33. The molecule has 3 nitrogen and oxygen atoms in total. The minimum absolute atomic E-state index is 0.0695. The summed E-state index contributed by atoms with van der Waals surface area (Å²) in [4.78, 5) is 8.46. The Morgan fingerprint density at radius 3 is 2.52 bits per heavy atom. The first-order chi connectivity index (χ1) is 10.1. The van der Waals surface area contributed by atoms with Crippen molar-refractivity contribution >= 4 is 16.8 Å². The van der Waals surface area contributed by atoms with E-state index in [0.717, 1.165) is 16.2 Å². The molecule has 108 valence electrons. The van der Waals surface area contributed by atoms with Gasteiger partial charge in [-0.15, -0.1) is 0 Å². The van der Waals surface area contributed by atoms with Crippen molar-refractivity contribution in [1.29, 1.82) is 0 Å². The Hall–Kier alpha value is -1.72. The van der Waals surface area contributed by atoms with Gasteiger partial charge in [0, 0.05) is 18.0 Å². The minimum Gasteiger partial charge on any atom is -0.384 e. The monoisotopic (exact) mass is 302 g/mol. The van der Waals surface area contributed by atoms with Gasteiger partial charge in [0.25, 0.3) is 0 Å². The maximum absolute atomic E-state index is 13.0. The van der Waals surface area contributed by atoms with Crippen LogP contribution in [0, 0.1) is 5.82 Å². The third-order valence-corrected chi connectivity index (χ3v) is 5.12. The van der Waals surface area contributed by atoms with E-state index in [1.54, 1.807) is 31.5 Å². The standard InChI is InChI=1S/C16H15FN2OS/c1-16(20,12-6-8-18-9-7-12)14-10-19-15(21-14)11-2-4-13(17)5-3-11/h2-9,14,20H,10H2,1H3. The molecule has 0 spiro atoms. The fourth-order valence-electron chi connectivity index (χ4n) is 2.29. The van der Waals surface area contributed by atoms with E-state index in [4.69, 9.17) is 0 Å². The SMILES string of the molecule is CC(O)(c1ccncc1)C1CN=C(c2ccc(F)cc2)S1. The Balaban J connectivity index is 1.78. The first-order valence-corrected chi connectivity index (χ1v) is 7.55. The van der Waals surface area contributed by atoms with Gasteiger partial charge in [-0.25, -0.2) is 4.39 Å². The predicted octanol–water partition coefficient (Wildman–Crippen LogP) is 2.99. The molecule has 2 aromatic rings. The molecule has 3 rings (SSSR count). The second-order valence-electron chi connectivity index (χ2n) is 5.14. The number of nitrogens with zero attached hydrogens (tertiary/aromatic N) is 2. The number of aliphatic imine (C=N–C) groups is 1. The number of thioether (sulfide) groups is 1. The minimum atomic E-state index is -0.987. The molecule has 0 aliphatic carbocycles. The fraction of sp³-hybridized carbons (Fsp3) is 0.250. The molecule has 0 saturated heterocycles. The van der Waals surface area contributed by atoms with Crippen molar-refractivity contribution in [1.82, 2.24) is 4.98 Å². The highest BCUT2D eigenvalue weighted by molar-refractivity contribution is 8.15. The highest BCUT2D eigenvalue weighted by Gasteiger charge is 2.38. The summed E-state index contributed by atoms with van der Waals surface area (Å²) in [6, 6.07) is 9.90. The van der Waals surface area contributed by atoms with Crippen molar-refractivity contribution in [3.8, 4) is 0 Å². The Labute approximate surface area is 127 Å². The molecule has 0 amide bonds. The van der Waals surface area contributed by atoms with Crippen LogP contribution in [0.25, 0.3) is 0 Å². The summed E-state index contributed by atoms with van der Waals surface area (Å²) >= 11 is 1.53. The third-order valence-electron chi connectivity index (χ3n) is 3.64. The van der Waals surface area contributed by atoms with Gasteiger partial charge >= 0.3 is 0 Å². The quantitative estimate of drug-likeness (QED) is 0.948. The molecule has 1 aromatic heterocycles. The van der Waals surface area contributed by atoms with Gasteiger partial charge in [0.05, 0.1) is 16.8 Å². The molecular weight excluding hydrogens is 287 g/mol. The summed E-state index contributed by atoms with van der Waals surface area (Å²) in [5.41, 5.74) is 0.721. The summed E-state index contributed by atoms with van der Waals surface area (Å²) in [5, 5.41) is 11.6. The van der Waals surface area contributed by atoms with Gasteiger partial charge in [-0.3, -0.25) is 9.98 Å². The van der Waals surface area contributed by atoms with E-state index in [0.29, 0.717) is 6.54 Å². The molecule has 1 aromatic carbocycles. The van der Waals surface area contributed by atoms with Gasteiger partial charge in [0.1, 0.15) is 11.4 Å². The number of aliphatic hydroxyl groups is 1. The number of aromatic nitrogens is 1. The van der Waals surface area contributed by atoms with E-state index in [-0.39, 0.29) is 11.1 Å². The number of pyridine rings is 1. The molecule has 2 unspecified atom stereocenters. The van der Waals surface area contributed by atoms with Crippen LogP contribution in [-0.4, -0.2) is 26.9 Å². The molecular formula is C16H15FN2OS. The van der Waals surface area contributed by atoms with E-state index in [1.807, 2.05) is 12.1 Å². The molecule has 21 heavy (non-hydrogen) atoms. The molecule has 0 bridgehead atoms. The zero-order valence-corrected chi connectivity index (χ0v) is 12.3. The summed E-state index contributed by atoms with van der Waals surface area (Å²) < 4.78 is 13.0. The van der Waals surface area contributed by atoms with Crippen molar-refractivity contribution in [2.75, 3.05) is 6.54 Å². The molecule has 1 aliphatic heterocycles. The van der Waals surface area contributed by atoms with Crippen LogP contribution in [0.1, 0.15) is 18.1 Å². The van der Waals surface area contributed by atoms with Gasteiger partial charge in [0.2, 0.25) is 0 Å². The zero-order chi connectivity index (χ0) is 14.9. The number of benzene rings is 1. The maximum Gasteiger partial charge on any atom is 0.123 e. The number of hydrogen-bond donors (Lipinski definition) is 1. The molecule has 0 fully saturated rings. The highest BCUT2D eigenvalue weighted by Crippen LogP contribution is 2.38. The zero-order valence-electron chi connectivity index (χ0n) is 11.5. The van der Waals surface area contributed by atoms with Crippen LogP contribution in [0.15, 0.2) is 53.8 Å². The molecule has 1 aliphatic rings. The first kappa shape index (κ1) is 14.2. The van der Waals surface area contributed by atoms with Gasteiger partial charge in [-0.2, -0.15) is 0 Å². The van der Waals surface area contributed by atoms with Crippen molar-refractivity contribution in [3.63, 3.8) is 0 Å². The van der Waals surface area contributed by atoms with E-state index < -0.39 is 5.60 Å². The lowest BCUT2D eigenvalue weighted by atomic mass is 9.93. The lowest BCUT2D eigenvalue weighted by molar-refractivity contribution is 0.0576. The van der Waals surface area contributed by atoms with E-state index in [2.05, 4.69) is 9.98 Å². The third kappa shape index (κ3) is 2.84. The molecule has 0 saturated carbocycles. The Bertz CT molecular complexity index is 656. The smallest absolute Gasteiger partial charge is 0.123 e. The molecule has 2 heterocycles. The average molecular weight is 302 g/mol. The van der Waals surface area contributed by atoms with E-state index in [9.17, 15) is 9.50 Å². The van der Waals surface area contributed by atoms with Gasteiger partial charge < -0.3 is 5.11 Å². The van der Waals surface area contributed by atoms with Crippen LogP contribution in [0.5, 0.6) is 0 Å². The van der Waals surface area contributed by atoms with Gasteiger partial charge in [0.15, 0.2) is 0 Å². The summed E-state index contributed by atoms with van der Waals surface area (Å²) in [5.74, 6) is -0.261. The Morgan fingerprint density at radius 1 is 1.19 bits per heavy atom. The lowest BCUT2D eigenvalue weighted by Crippen LogP contribution is -2.35. The van der Waals surface area contributed by atoms with Gasteiger partial charge in [-0.05, 0) is 48.9 Å². The fourth-order valence-corrected chi connectivity index (χ4v) is 3.50. The van der Waals surface area contributed by atoms with Crippen molar-refractivity contribution in [3.05, 3.63) is 65.7 Å². The van der Waals surface area contributed by atoms with E-state index in [1.165, 1.54) is 23.9 Å². The molecule has 0 radical (unpaired) electrons. The van der Waals surface area contributed by atoms with Crippen LogP contribution in [0.3, 0.4) is 0 Å². The largest absolute Gasteiger partial charge is 0.384 e. The van der Waals surface area contributed by atoms with Crippen molar-refractivity contribution < 1.29 is 9.50 Å². The molecule has 5 heteroatoms. The normalized spacial score (nSPS) is 20.9. The topological polar surface area (TPSA) is 45.5 Å². The van der Waals surface area contributed by atoms with Gasteiger partial charge in [-0.1, -0.05) is 11.8 Å². The van der Waals surface area contributed by atoms with Crippen molar-refractivity contribution in [2.45, 2.75) is 17.8 Å². The van der Waals surface area contributed by atoms with Crippen LogP contribution in [-0.2, 0) is 5.60 Å². The second kappa shape index (κ2) is 5.58. The maximum atomic E-state index is 13.0. The summed E-state index contributed by atoms with van der Waals surface area (Å²) in [7, 11) is 0.